The Labute approximate surface area is 85.3 Å². The van der Waals surface area contributed by atoms with Gasteiger partial charge in [0.25, 0.3) is 0 Å². The summed E-state index contributed by atoms with van der Waals surface area (Å²) in [5.41, 5.74) is 0.561. The molecule has 0 saturated carbocycles. The lowest BCUT2D eigenvalue weighted by Crippen LogP contribution is -2.15. The van der Waals surface area contributed by atoms with Crippen molar-refractivity contribution in [3.63, 3.8) is 0 Å². The number of rotatable bonds is 6. The van der Waals surface area contributed by atoms with Gasteiger partial charge in [-0.1, -0.05) is 41.0 Å². The van der Waals surface area contributed by atoms with Crippen LogP contribution in [0.25, 0.3) is 0 Å². The molecule has 82 valence electrons. The molecule has 0 bridgehead atoms. The molecule has 0 atom stereocenters. The van der Waals surface area contributed by atoms with E-state index in [9.17, 15) is 0 Å². The zero-order chi connectivity index (χ0) is 10.7. The van der Waals surface area contributed by atoms with E-state index in [0.29, 0.717) is 5.41 Å². The zero-order valence-corrected chi connectivity index (χ0v) is 10.5. The van der Waals surface area contributed by atoms with E-state index in [-0.39, 0.29) is 0 Å². The Balaban J connectivity index is 0. The SMILES string of the molecule is CC.CCCC(C)(C)CCCNC. The molecule has 0 aromatic rings. The molecule has 13 heavy (non-hydrogen) atoms. The molecule has 0 amide bonds. The first-order valence-corrected chi connectivity index (χ1v) is 5.77. The largest absolute Gasteiger partial charge is 0.320 e. The predicted molar refractivity (Wildman–Crippen MR) is 63.2 cm³/mol. The highest BCUT2D eigenvalue weighted by Gasteiger charge is 2.14. The minimum absolute atomic E-state index is 0.561. The average molecular weight is 187 g/mol. The van der Waals surface area contributed by atoms with E-state index < -0.39 is 0 Å². The smallest absolute Gasteiger partial charge is 0.00517 e. The van der Waals surface area contributed by atoms with Crippen LogP contribution in [0, 0.1) is 5.41 Å². The highest BCUT2D eigenvalue weighted by atomic mass is 14.8. The first-order valence-electron chi connectivity index (χ1n) is 5.77. The molecule has 0 radical (unpaired) electrons. The quantitative estimate of drug-likeness (QED) is 0.623. The average Bonchev–Trinajstić information content (AvgIpc) is 2.08. The van der Waals surface area contributed by atoms with Crippen LogP contribution in [-0.2, 0) is 0 Å². The van der Waals surface area contributed by atoms with Gasteiger partial charge in [-0.15, -0.1) is 0 Å². The molecule has 0 aromatic heterocycles. The first kappa shape index (κ1) is 15.4. The molecule has 0 heterocycles. The van der Waals surface area contributed by atoms with Crippen LogP contribution in [-0.4, -0.2) is 13.6 Å². The minimum atomic E-state index is 0.561. The third-order valence-electron chi connectivity index (χ3n) is 2.21. The molecule has 0 aromatic carbocycles. The van der Waals surface area contributed by atoms with Gasteiger partial charge in [0.05, 0.1) is 0 Å². The number of hydrogen-bond donors (Lipinski definition) is 1. The van der Waals surface area contributed by atoms with Gasteiger partial charge in [0.15, 0.2) is 0 Å². The van der Waals surface area contributed by atoms with Crippen LogP contribution in [0.5, 0.6) is 0 Å². The zero-order valence-electron chi connectivity index (χ0n) is 10.5. The Hall–Kier alpha value is -0.0400. The van der Waals surface area contributed by atoms with Crippen molar-refractivity contribution in [2.24, 2.45) is 5.41 Å². The van der Waals surface area contributed by atoms with Gasteiger partial charge >= 0.3 is 0 Å². The lowest BCUT2D eigenvalue weighted by molar-refractivity contribution is 0.295. The summed E-state index contributed by atoms with van der Waals surface area (Å²) in [5.74, 6) is 0. The van der Waals surface area contributed by atoms with Crippen molar-refractivity contribution < 1.29 is 0 Å². The van der Waals surface area contributed by atoms with Crippen LogP contribution >= 0.6 is 0 Å². The summed E-state index contributed by atoms with van der Waals surface area (Å²) in [6.45, 7) is 12.2. The van der Waals surface area contributed by atoms with Crippen LogP contribution in [0.3, 0.4) is 0 Å². The van der Waals surface area contributed by atoms with Crippen LogP contribution in [0.15, 0.2) is 0 Å². The third kappa shape index (κ3) is 12.0. The van der Waals surface area contributed by atoms with Gasteiger partial charge in [0.1, 0.15) is 0 Å². The molecule has 0 aliphatic heterocycles. The number of hydrogen-bond acceptors (Lipinski definition) is 1. The van der Waals surface area contributed by atoms with Crippen LogP contribution in [0.1, 0.15) is 60.3 Å². The highest BCUT2D eigenvalue weighted by Crippen LogP contribution is 2.27. The maximum Gasteiger partial charge on any atom is -0.00517 e. The maximum absolute atomic E-state index is 3.18. The van der Waals surface area contributed by atoms with Crippen molar-refractivity contribution in [2.45, 2.75) is 60.3 Å². The van der Waals surface area contributed by atoms with Crippen LogP contribution < -0.4 is 5.32 Å². The van der Waals surface area contributed by atoms with E-state index in [1.54, 1.807) is 0 Å². The Morgan fingerprint density at radius 3 is 2.00 bits per heavy atom. The van der Waals surface area contributed by atoms with Gasteiger partial charge in [0, 0.05) is 0 Å². The Bertz CT molecular complexity index is 87.1. The van der Waals surface area contributed by atoms with Crippen molar-refractivity contribution in [1.29, 1.82) is 0 Å². The summed E-state index contributed by atoms with van der Waals surface area (Å²) in [6, 6.07) is 0. The fourth-order valence-corrected chi connectivity index (χ4v) is 1.55. The molecular formula is C12H29N. The normalized spacial score (nSPS) is 10.6. The van der Waals surface area contributed by atoms with Crippen molar-refractivity contribution in [1.82, 2.24) is 5.32 Å². The van der Waals surface area contributed by atoms with Gasteiger partial charge in [0.2, 0.25) is 0 Å². The van der Waals surface area contributed by atoms with E-state index >= 15 is 0 Å². The third-order valence-corrected chi connectivity index (χ3v) is 2.21. The Morgan fingerprint density at radius 1 is 1.08 bits per heavy atom. The lowest BCUT2D eigenvalue weighted by Gasteiger charge is -2.23. The summed E-state index contributed by atoms with van der Waals surface area (Å²) in [4.78, 5) is 0. The van der Waals surface area contributed by atoms with Gasteiger partial charge in [-0.25, -0.2) is 0 Å². The second-order valence-electron chi connectivity index (χ2n) is 4.12. The van der Waals surface area contributed by atoms with Crippen LogP contribution in [0.2, 0.25) is 0 Å². The Kier molecular flexibility index (Phi) is 11.9. The van der Waals surface area contributed by atoms with Gasteiger partial charge in [-0.05, 0) is 38.3 Å². The van der Waals surface area contributed by atoms with E-state index in [4.69, 9.17) is 0 Å². The summed E-state index contributed by atoms with van der Waals surface area (Å²) in [5, 5.41) is 3.18. The van der Waals surface area contributed by atoms with Crippen molar-refractivity contribution in [3.05, 3.63) is 0 Å². The standard InChI is InChI=1S/C10H23N.C2H6/c1-5-7-10(2,3)8-6-9-11-4;1-2/h11H,5-9H2,1-4H3;1-2H3. The first-order chi connectivity index (χ1) is 6.12. The summed E-state index contributed by atoms with van der Waals surface area (Å²) < 4.78 is 0. The summed E-state index contributed by atoms with van der Waals surface area (Å²) >= 11 is 0. The monoisotopic (exact) mass is 187 g/mol. The molecule has 0 aliphatic carbocycles. The fraction of sp³-hybridized carbons (Fsp3) is 1.00. The van der Waals surface area contributed by atoms with E-state index in [2.05, 4.69) is 26.1 Å². The molecule has 0 saturated heterocycles. The molecule has 1 heteroatoms. The van der Waals surface area contributed by atoms with Gasteiger partial charge in [-0.2, -0.15) is 0 Å². The molecule has 0 aliphatic rings. The number of nitrogens with one attached hydrogen (secondary N) is 1. The second-order valence-corrected chi connectivity index (χ2v) is 4.12. The molecule has 0 rings (SSSR count). The topological polar surface area (TPSA) is 12.0 Å². The Morgan fingerprint density at radius 2 is 1.62 bits per heavy atom. The summed E-state index contributed by atoms with van der Waals surface area (Å²) in [7, 11) is 2.02. The molecule has 0 fully saturated rings. The molecule has 1 nitrogen and oxygen atoms in total. The fourth-order valence-electron chi connectivity index (χ4n) is 1.55. The van der Waals surface area contributed by atoms with Gasteiger partial charge < -0.3 is 5.32 Å². The summed E-state index contributed by atoms with van der Waals surface area (Å²) in [6.07, 6.45) is 5.33. The molecule has 0 spiro atoms. The molecule has 1 N–H and O–H groups in total. The van der Waals surface area contributed by atoms with E-state index in [0.717, 1.165) is 6.54 Å². The lowest BCUT2D eigenvalue weighted by atomic mass is 9.83. The van der Waals surface area contributed by atoms with Gasteiger partial charge in [-0.3, -0.25) is 0 Å². The molecular weight excluding hydrogens is 158 g/mol. The van der Waals surface area contributed by atoms with E-state index in [1.165, 1.54) is 25.7 Å². The minimum Gasteiger partial charge on any atom is -0.320 e. The van der Waals surface area contributed by atoms with Crippen molar-refractivity contribution >= 4 is 0 Å². The van der Waals surface area contributed by atoms with E-state index in [1.807, 2.05) is 20.9 Å². The second kappa shape index (κ2) is 10.0. The van der Waals surface area contributed by atoms with Crippen molar-refractivity contribution in [3.8, 4) is 0 Å². The predicted octanol–water partition coefficient (Wildman–Crippen LogP) is 3.84. The maximum atomic E-state index is 3.18. The van der Waals surface area contributed by atoms with Crippen LogP contribution in [0.4, 0.5) is 0 Å². The molecule has 0 unspecified atom stereocenters. The van der Waals surface area contributed by atoms with Crippen molar-refractivity contribution in [2.75, 3.05) is 13.6 Å². The highest BCUT2D eigenvalue weighted by molar-refractivity contribution is 4.67.